The minimum atomic E-state index is -0.532. The van der Waals surface area contributed by atoms with E-state index < -0.39 is 4.92 Å². The van der Waals surface area contributed by atoms with Crippen molar-refractivity contribution >= 4 is 23.1 Å². The van der Waals surface area contributed by atoms with Crippen molar-refractivity contribution in [3.63, 3.8) is 0 Å². The first kappa shape index (κ1) is 12.1. The van der Waals surface area contributed by atoms with Crippen molar-refractivity contribution in [2.75, 3.05) is 18.1 Å². The highest BCUT2D eigenvalue weighted by Crippen LogP contribution is 2.35. The number of aliphatic hydroxyl groups is 1. The van der Waals surface area contributed by atoms with Gasteiger partial charge in [-0.3, -0.25) is 10.1 Å². The minimum Gasteiger partial charge on any atom is -0.395 e. The SMILES string of the molecule is O=[N+]([O-])c1cnc(N(CCO)C2CC2)c(Cl)c1. The molecule has 17 heavy (non-hydrogen) atoms. The number of pyridine rings is 1. The fourth-order valence-electron chi connectivity index (χ4n) is 1.69. The summed E-state index contributed by atoms with van der Waals surface area (Å²) in [5.74, 6) is 0.508. The van der Waals surface area contributed by atoms with Crippen molar-refractivity contribution in [2.24, 2.45) is 0 Å². The first-order valence-corrected chi connectivity index (χ1v) is 5.68. The summed E-state index contributed by atoms with van der Waals surface area (Å²) in [7, 11) is 0. The van der Waals surface area contributed by atoms with Gasteiger partial charge in [0.2, 0.25) is 0 Å². The molecule has 92 valence electrons. The van der Waals surface area contributed by atoms with Gasteiger partial charge in [0.1, 0.15) is 12.0 Å². The molecule has 0 amide bonds. The van der Waals surface area contributed by atoms with Gasteiger partial charge in [0.05, 0.1) is 16.6 Å². The molecule has 0 bridgehead atoms. The van der Waals surface area contributed by atoms with Gasteiger partial charge in [-0.15, -0.1) is 0 Å². The Labute approximate surface area is 103 Å². The molecule has 1 saturated carbocycles. The molecule has 1 heterocycles. The molecule has 1 N–H and O–H groups in total. The largest absolute Gasteiger partial charge is 0.395 e. The van der Waals surface area contributed by atoms with Crippen LogP contribution in [0.4, 0.5) is 11.5 Å². The average Bonchev–Trinajstić information content (AvgIpc) is 3.10. The average molecular weight is 258 g/mol. The Morgan fingerprint density at radius 1 is 1.65 bits per heavy atom. The Morgan fingerprint density at radius 3 is 2.82 bits per heavy atom. The molecule has 1 aliphatic rings. The summed E-state index contributed by atoms with van der Waals surface area (Å²) in [6, 6.07) is 1.63. The smallest absolute Gasteiger partial charge is 0.289 e. The molecule has 0 atom stereocenters. The van der Waals surface area contributed by atoms with Gasteiger partial charge < -0.3 is 10.0 Å². The molecule has 2 rings (SSSR count). The van der Waals surface area contributed by atoms with Gasteiger partial charge in [-0.25, -0.2) is 4.98 Å². The van der Waals surface area contributed by atoms with Gasteiger partial charge in [0.15, 0.2) is 0 Å². The lowest BCUT2D eigenvalue weighted by molar-refractivity contribution is -0.385. The quantitative estimate of drug-likeness (QED) is 0.640. The minimum absolute atomic E-state index is 0.00545. The number of nitrogens with zero attached hydrogens (tertiary/aromatic N) is 3. The maximum absolute atomic E-state index is 10.6. The lowest BCUT2D eigenvalue weighted by Gasteiger charge is -2.23. The van der Waals surface area contributed by atoms with Crippen LogP contribution in [-0.2, 0) is 0 Å². The topological polar surface area (TPSA) is 79.5 Å². The predicted molar refractivity (Wildman–Crippen MR) is 63.4 cm³/mol. The molecule has 1 fully saturated rings. The van der Waals surface area contributed by atoms with Crippen LogP contribution >= 0.6 is 11.6 Å². The molecule has 0 aromatic carbocycles. The van der Waals surface area contributed by atoms with E-state index in [2.05, 4.69) is 4.98 Å². The second kappa shape index (κ2) is 4.85. The number of hydrogen-bond donors (Lipinski definition) is 1. The van der Waals surface area contributed by atoms with E-state index in [-0.39, 0.29) is 17.3 Å². The Morgan fingerprint density at radius 2 is 2.35 bits per heavy atom. The van der Waals surface area contributed by atoms with Crippen LogP contribution < -0.4 is 4.90 Å². The van der Waals surface area contributed by atoms with Crippen molar-refractivity contribution in [2.45, 2.75) is 18.9 Å². The van der Waals surface area contributed by atoms with Crippen LogP contribution in [0.2, 0.25) is 5.02 Å². The molecule has 6 nitrogen and oxygen atoms in total. The predicted octanol–water partition coefficient (Wildman–Crippen LogP) is 1.60. The lowest BCUT2D eigenvalue weighted by atomic mass is 10.3. The van der Waals surface area contributed by atoms with Crippen molar-refractivity contribution < 1.29 is 10.0 Å². The van der Waals surface area contributed by atoms with Crippen LogP contribution in [0.5, 0.6) is 0 Å². The highest BCUT2D eigenvalue weighted by Gasteiger charge is 2.31. The van der Waals surface area contributed by atoms with E-state index in [9.17, 15) is 10.1 Å². The molecule has 0 saturated heterocycles. The fourth-order valence-corrected chi connectivity index (χ4v) is 1.96. The summed E-state index contributed by atoms with van der Waals surface area (Å²) in [5.41, 5.74) is -0.126. The number of aromatic nitrogens is 1. The summed E-state index contributed by atoms with van der Waals surface area (Å²) in [5, 5.41) is 19.8. The maximum atomic E-state index is 10.6. The summed E-state index contributed by atoms with van der Waals surface area (Å²) in [4.78, 5) is 15.9. The standard InChI is InChI=1S/C10H12ClN3O3/c11-9-5-8(14(16)17)6-12-10(9)13(3-4-15)7-1-2-7/h5-7,15H,1-4H2. The molecule has 0 spiro atoms. The number of nitro groups is 1. The Hall–Kier alpha value is -1.40. The van der Waals surface area contributed by atoms with E-state index in [1.165, 1.54) is 12.3 Å². The van der Waals surface area contributed by atoms with Crippen molar-refractivity contribution in [1.29, 1.82) is 0 Å². The van der Waals surface area contributed by atoms with Crippen LogP contribution in [0.15, 0.2) is 12.3 Å². The van der Waals surface area contributed by atoms with E-state index in [1.54, 1.807) is 0 Å². The third-order valence-electron chi connectivity index (χ3n) is 2.62. The maximum Gasteiger partial charge on any atom is 0.289 e. The van der Waals surface area contributed by atoms with Crippen molar-refractivity contribution in [3.8, 4) is 0 Å². The van der Waals surface area contributed by atoms with Crippen LogP contribution in [0, 0.1) is 10.1 Å². The lowest BCUT2D eigenvalue weighted by Crippen LogP contribution is -2.30. The fraction of sp³-hybridized carbons (Fsp3) is 0.500. The van der Waals surface area contributed by atoms with E-state index >= 15 is 0 Å². The molecule has 0 unspecified atom stereocenters. The molecule has 1 aromatic heterocycles. The number of hydrogen-bond acceptors (Lipinski definition) is 5. The first-order chi connectivity index (χ1) is 8.13. The van der Waals surface area contributed by atoms with Gasteiger partial charge in [-0.2, -0.15) is 0 Å². The zero-order valence-electron chi connectivity index (χ0n) is 9.04. The highest BCUT2D eigenvalue weighted by atomic mass is 35.5. The number of halogens is 1. The van der Waals surface area contributed by atoms with Gasteiger partial charge in [-0.05, 0) is 12.8 Å². The molecule has 0 radical (unpaired) electrons. The highest BCUT2D eigenvalue weighted by molar-refractivity contribution is 6.33. The second-order valence-electron chi connectivity index (χ2n) is 3.90. The summed E-state index contributed by atoms with van der Waals surface area (Å²) < 4.78 is 0. The van der Waals surface area contributed by atoms with E-state index in [1.807, 2.05) is 4.90 Å². The van der Waals surface area contributed by atoms with Crippen LogP contribution in [0.1, 0.15) is 12.8 Å². The molecule has 0 aliphatic heterocycles. The number of aliphatic hydroxyl groups excluding tert-OH is 1. The zero-order valence-corrected chi connectivity index (χ0v) is 9.80. The van der Waals surface area contributed by atoms with Crippen LogP contribution in [-0.4, -0.2) is 34.2 Å². The Kier molecular flexibility index (Phi) is 3.44. The molecule has 7 heteroatoms. The molecular formula is C10H12ClN3O3. The Bertz CT molecular complexity index is 437. The van der Waals surface area contributed by atoms with Crippen LogP contribution in [0.3, 0.4) is 0 Å². The van der Waals surface area contributed by atoms with Crippen LogP contribution in [0.25, 0.3) is 0 Å². The summed E-state index contributed by atoms with van der Waals surface area (Å²) >= 11 is 5.99. The normalized spacial score (nSPS) is 14.7. The van der Waals surface area contributed by atoms with Gasteiger partial charge in [-0.1, -0.05) is 11.6 Å². The van der Waals surface area contributed by atoms with Gasteiger partial charge >= 0.3 is 0 Å². The summed E-state index contributed by atoms with van der Waals surface area (Å²) in [6.07, 6.45) is 3.26. The van der Waals surface area contributed by atoms with E-state index in [4.69, 9.17) is 16.7 Å². The first-order valence-electron chi connectivity index (χ1n) is 5.31. The van der Waals surface area contributed by atoms with Crippen molar-refractivity contribution in [1.82, 2.24) is 4.98 Å². The molecule has 1 aromatic rings. The van der Waals surface area contributed by atoms with Crippen molar-refractivity contribution in [3.05, 3.63) is 27.4 Å². The van der Waals surface area contributed by atoms with E-state index in [0.717, 1.165) is 12.8 Å². The number of rotatable bonds is 5. The zero-order chi connectivity index (χ0) is 12.4. The molecule has 1 aliphatic carbocycles. The Balaban J connectivity index is 2.27. The van der Waals surface area contributed by atoms with Gasteiger partial charge in [0.25, 0.3) is 5.69 Å². The van der Waals surface area contributed by atoms with Gasteiger partial charge in [0, 0.05) is 18.7 Å². The summed E-state index contributed by atoms with van der Waals surface area (Å²) in [6.45, 7) is 0.445. The number of anilines is 1. The monoisotopic (exact) mass is 257 g/mol. The van der Waals surface area contributed by atoms with E-state index in [0.29, 0.717) is 18.4 Å². The third-order valence-corrected chi connectivity index (χ3v) is 2.90. The third kappa shape index (κ3) is 2.65. The second-order valence-corrected chi connectivity index (χ2v) is 4.31. The molecular weight excluding hydrogens is 246 g/mol.